The highest BCUT2D eigenvalue weighted by atomic mass is 31.2. The summed E-state index contributed by atoms with van der Waals surface area (Å²) in [5.74, 6) is -1.46. The first-order valence-corrected chi connectivity index (χ1v) is 11.2. The molecule has 0 radical (unpaired) electrons. The maximum absolute atomic E-state index is 11.7. The van der Waals surface area contributed by atoms with Crippen LogP contribution >= 0.6 is 15.6 Å². The Kier molecular flexibility index (Phi) is 12.8. The van der Waals surface area contributed by atoms with Crippen LogP contribution in [0, 0.1) is 0 Å². The van der Waals surface area contributed by atoms with Crippen LogP contribution in [0.4, 0.5) is 0 Å². The van der Waals surface area contributed by atoms with Gasteiger partial charge in [0.05, 0.1) is 19.3 Å². The van der Waals surface area contributed by atoms with Gasteiger partial charge in [0.15, 0.2) is 5.78 Å². The lowest BCUT2D eigenvalue weighted by Crippen LogP contribution is -2.50. The molecule has 17 nitrogen and oxygen atoms in total. The lowest BCUT2D eigenvalue weighted by molar-refractivity contribution is -0.142. The number of carbonyl (C=O) groups is 2. The van der Waals surface area contributed by atoms with Gasteiger partial charge in [0.25, 0.3) is 0 Å². The fourth-order valence-corrected chi connectivity index (χ4v) is 2.80. The first-order chi connectivity index (χ1) is 14.0. The van der Waals surface area contributed by atoms with Crippen molar-refractivity contribution >= 4 is 27.7 Å². The standard InChI is InChI=1S/C12H25NO16P2/c13-5(1-14)9(18)10(19)7(16)3-28-31(25,26)29-4-8(17)12(21)11(20)6(15)2-27-30(22,23)24/h1,5-7,9-12,15-16,18-21H,2-4,13H2,(H,25,26)(H2,22,23,24)/t5-,6+,7+,9+,10+,11+,12+/m0/s1. The van der Waals surface area contributed by atoms with Gasteiger partial charge < -0.3 is 55.8 Å². The maximum atomic E-state index is 11.7. The van der Waals surface area contributed by atoms with Crippen molar-refractivity contribution in [2.45, 2.75) is 42.7 Å². The molecule has 31 heavy (non-hydrogen) atoms. The highest BCUT2D eigenvalue weighted by Crippen LogP contribution is 2.43. The summed E-state index contributed by atoms with van der Waals surface area (Å²) in [4.78, 5) is 48.5. The first-order valence-electron chi connectivity index (χ1n) is 8.16. The van der Waals surface area contributed by atoms with Gasteiger partial charge >= 0.3 is 15.6 Å². The smallest absolute Gasteiger partial charge is 0.388 e. The molecule has 19 heteroatoms. The van der Waals surface area contributed by atoms with Gasteiger partial charge in [0.2, 0.25) is 0 Å². The van der Waals surface area contributed by atoms with Gasteiger partial charge in [-0.15, -0.1) is 0 Å². The zero-order valence-electron chi connectivity index (χ0n) is 15.6. The number of carbonyl (C=O) groups excluding carboxylic acids is 2. The summed E-state index contributed by atoms with van der Waals surface area (Å²) in [6.07, 6.45) is -12.8. The van der Waals surface area contributed by atoms with E-state index in [9.17, 15) is 54.3 Å². The topological polar surface area (TPSA) is 304 Å². The van der Waals surface area contributed by atoms with Gasteiger partial charge in [-0.1, -0.05) is 0 Å². The van der Waals surface area contributed by atoms with Crippen molar-refractivity contribution in [1.29, 1.82) is 0 Å². The van der Waals surface area contributed by atoms with Crippen LogP contribution < -0.4 is 5.73 Å². The Morgan fingerprint density at radius 1 is 0.839 bits per heavy atom. The summed E-state index contributed by atoms with van der Waals surface area (Å²) < 4.78 is 34.5. The normalized spacial score (nSPS) is 21.2. The molecule has 0 saturated carbocycles. The van der Waals surface area contributed by atoms with Crippen LogP contribution in [0.15, 0.2) is 0 Å². The summed E-state index contributed by atoms with van der Waals surface area (Å²) >= 11 is 0. The number of aldehydes is 1. The predicted octanol–water partition coefficient (Wildman–Crippen LogP) is -5.51. The minimum atomic E-state index is -5.09. The Morgan fingerprint density at radius 3 is 1.81 bits per heavy atom. The van der Waals surface area contributed by atoms with E-state index in [1.165, 1.54) is 0 Å². The predicted molar refractivity (Wildman–Crippen MR) is 94.8 cm³/mol. The van der Waals surface area contributed by atoms with Crippen molar-refractivity contribution < 1.29 is 77.6 Å². The van der Waals surface area contributed by atoms with Crippen LogP contribution in [-0.2, 0) is 32.3 Å². The third-order valence-electron chi connectivity index (χ3n) is 3.54. The Bertz CT molecular complexity index is 671. The number of nitrogens with two attached hydrogens (primary N) is 1. The second-order valence-corrected chi connectivity index (χ2v) is 8.75. The van der Waals surface area contributed by atoms with Crippen LogP contribution in [0.3, 0.4) is 0 Å². The van der Waals surface area contributed by atoms with Gasteiger partial charge in [-0.05, 0) is 0 Å². The van der Waals surface area contributed by atoms with Gasteiger partial charge in [-0.2, -0.15) is 0 Å². The van der Waals surface area contributed by atoms with E-state index in [4.69, 9.17) is 15.5 Å². The Hall–Kier alpha value is -0.720. The molecular formula is C12H25NO16P2. The molecule has 184 valence electrons. The third kappa shape index (κ3) is 11.6. The van der Waals surface area contributed by atoms with E-state index in [1.54, 1.807) is 0 Å². The Labute approximate surface area is 174 Å². The highest BCUT2D eigenvalue weighted by Gasteiger charge is 2.35. The molecule has 0 aliphatic carbocycles. The number of hydrogen-bond donors (Lipinski definition) is 10. The molecule has 11 N–H and O–H groups in total. The van der Waals surface area contributed by atoms with Gasteiger partial charge in [-0.25, -0.2) is 9.13 Å². The molecule has 0 amide bonds. The lowest BCUT2D eigenvalue weighted by Gasteiger charge is -2.25. The number of hydrogen-bond acceptors (Lipinski definition) is 14. The molecule has 0 aliphatic rings. The number of Topliss-reactive ketones (excluding diaryl/α,β-unsaturated/α-hetero) is 1. The molecule has 8 atom stereocenters. The molecule has 0 aromatic heterocycles. The van der Waals surface area contributed by atoms with Crippen molar-refractivity contribution in [3.8, 4) is 0 Å². The molecule has 0 rings (SSSR count). The first kappa shape index (κ1) is 30.3. The quantitative estimate of drug-likeness (QED) is 0.0696. The number of rotatable bonds is 16. The molecule has 0 saturated heterocycles. The van der Waals surface area contributed by atoms with Crippen LogP contribution in [0.1, 0.15) is 0 Å². The molecule has 0 bridgehead atoms. The van der Waals surface area contributed by atoms with Gasteiger partial charge in [-0.3, -0.25) is 18.4 Å². The monoisotopic (exact) mass is 501 g/mol. The number of phosphoric acid groups is 2. The van der Waals surface area contributed by atoms with Crippen LogP contribution in [0.2, 0.25) is 0 Å². The van der Waals surface area contributed by atoms with E-state index in [-0.39, 0.29) is 6.29 Å². The van der Waals surface area contributed by atoms with E-state index >= 15 is 0 Å². The molecule has 0 spiro atoms. The fourth-order valence-electron chi connectivity index (χ4n) is 1.75. The van der Waals surface area contributed by atoms with E-state index < -0.39 is 83.9 Å². The molecule has 0 aliphatic heterocycles. The minimum absolute atomic E-state index is 0.0716. The minimum Gasteiger partial charge on any atom is -0.388 e. The van der Waals surface area contributed by atoms with Crippen molar-refractivity contribution in [2.75, 3.05) is 19.8 Å². The van der Waals surface area contributed by atoms with Gasteiger partial charge in [0, 0.05) is 0 Å². The molecule has 0 heterocycles. The van der Waals surface area contributed by atoms with Crippen LogP contribution in [-0.4, -0.2) is 120 Å². The SMILES string of the molecule is N[C@@H](C=O)[C@@H](O)[C@H](O)[C@H](O)COP(=O)(O)OCC(=O)[C@@H](O)[C@H](O)[C@H](O)COP(=O)(O)O. The third-order valence-corrected chi connectivity index (χ3v) is 4.95. The fraction of sp³-hybridized carbons (Fsp3) is 0.833. The molecule has 0 aromatic rings. The van der Waals surface area contributed by atoms with Gasteiger partial charge in [0.1, 0.15) is 49.5 Å². The second kappa shape index (κ2) is 13.1. The van der Waals surface area contributed by atoms with Crippen molar-refractivity contribution in [3.05, 3.63) is 0 Å². The summed E-state index contributed by atoms with van der Waals surface area (Å²) in [7, 11) is -10.1. The number of aliphatic hydroxyl groups is 6. The Morgan fingerprint density at radius 2 is 1.32 bits per heavy atom. The molecule has 0 fully saturated rings. The van der Waals surface area contributed by atoms with Crippen LogP contribution in [0.5, 0.6) is 0 Å². The van der Waals surface area contributed by atoms with Crippen molar-refractivity contribution in [1.82, 2.24) is 0 Å². The van der Waals surface area contributed by atoms with Crippen molar-refractivity contribution in [2.24, 2.45) is 5.73 Å². The van der Waals surface area contributed by atoms with E-state index in [0.29, 0.717) is 0 Å². The number of ketones is 1. The average molecular weight is 501 g/mol. The lowest BCUT2D eigenvalue weighted by atomic mass is 10.0. The van der Waals surface area contributed by atoms with E-state index in [1.807, 2.05) is 0 Å². The van der Waals surface area contributed by atoms with Crippen LogP contribution in [0.25, 0.3) is 0 Å². The van der Waals surface area contributed by atoms with Crippen molar-refractivity contribution in [3.63, 3.8) is 0 Å². The molecule has 1 unspecified atom stereocenters. The second-order valence-electron chi connectivity index (χ2n) is 6.06. The molecule has 0 aromatic carbocycles. The number of aliphatic hydroxyl groups excluding tert-OH is 6. The highest BCUT2D eigenvalue weighted by molar-refractivity contribution is 7.47. The summed E-state index contributed by atoms with van der Waals surface area (Å²) in [5, 5.41) is 57.1. The zero-order valence-corrected chi connectivity index (χ0v) is 17.4. The summed E-state index contributed by atoms with van der Waals surface area (Å²) in [6, 6.07) is -1.57. The number of phosphoric ester groups is 2. The summed E-state index contributed by atoms with van der Waals surface area (Å²) in [5.41, 5.74) is 5.13. The Balaban J connectivity index is 4.62. The zero-order chi connectivity index (χ0) is 24.6. The van der Waals surface area contributed by atoms with E-state index in [0.717, 1.165) is 0 Å². The van der Waals surface area contributed by atoms with E-state index in [2.05, 4.69) is 13.6 Å². The largest absolute Gasteiger partial charge is 0.472 e. The maximum Gasteiger partial charge on any atom is 0.472 e. The average Bonchev–Trinajstić information content (AvgIpc) is 2.70. The summed E-state index contributed by atoms with van der Waals surface area (Å²) in [6.45, 7) is -3.66. The molecular weight excluding hydrogens is 476 g/mol.